The minimum absolute atomic E-state index is 0.136. The van der Waals surface area contributed by atoms with E-state index in [1.807, 2.05) is 72.9 Å². The van der Waals surface area contributed by atoms with Gasteiger partial charge in [0.05, 0.1) is 16.3 Å². The van der Waals surface area contributed by atoms with Crippen molar-refractivity contribution in [2.45, 2.75) is 6.61 Å². The summed E-state index contributed by atoms with van der Waals surface area (Å²) >= 11 is 18.9. The van der Waals surface area contributed by atoms with E-state index in [2.05, 4.69) is 6.58 Å². The molecule has 38 heavy (non-hydrogen) atoms. The number of carbonyl (C=O) groups excluding carboxylic acids is 1. The lowest BCUT2D eigenvalue weighted by atomic mass is 10.1. The number of aromatic nitrogens is 2. The third-order valence-corrected chi connectivity index (χ3v) is 7.74. The quantitative estimate of drug-likeness (QED) is 0.121. The van der Waals surface area contributed by atoms with Crippen LogP contribution in [0, 0.1) is 0 Å². The van der Waals surface area contributed by atoms with E-state index in [1.165, 1.54) is 11.8 Å². The summed E-state index contributed by atoms with van der Waals surface area (Å²) in [6.45, 7) is 4.41. The summed E-state index contributed by atoms with van der Waals surface area (Å²) in [6.07, 6.45) is 5.42. The van der Waals surface area contributed by atoms with Gasteiger partial charge in [0.25, 0.3) is 5.91 Å². The van der Waals surface area contributed by atoms with Gasteiger partial charge in [-0.15, -0.1) is 6.58 Å². The van der Waals surface area contributed by atoms with Crippen molar-refractivity contribution in [1.29, 1.82) is 0 Å². The predicted molar refractivity (Wildman–Crippen MR) is 160 cm³/mol. The number of thiocarbonyl (C=S) groups is 1. The fourth-order valence-electron chi connectivity index (χ4n) is 3.87. The van der Waals surface area contributed by atoms with E-state index in [1.54, 1.807) is 27.8 Å². The zero-order chi connectivity index (χ0) is 26.6. The Balaban J connectivity index is 1.45. The number of ether oxygens (including phenoxy) is 1. The van der Waals surface area contributed by atoms with Crippen LogP contribution in [0.4, 0.5) is 0 Å². The van der Waals surface area contributed by atoms with Gasteiger partial charge in [0.1, 0.15) is 16.7 Å². The standard InChI is InChI=1S/C29H21Cl2N3O2S2/c1-2-14-33-28(35)26(38-29(33)37)15-21-17-34(23-6-4-3-5-7-23)32-27(21)19-9-12-24(13-10-19)36-18-20-8-11-22(30)16-25(20)31/h2-13,15-17H,1,14,18H2. The molecule has 0 unspecified atom stereocenters. The maximum Gasteiger partial charge on any atom is 0.266 e. The van der Waals surface area contributed by atoms with Crippen LogP contribution in [-0.4, -0.2) is 31.5 Å². The summed E-state index contributed by atoms with van der Waals surface area (Å²) in [4.78, 5) is 15.0. The van der Waals surface area contributed by atoms with Crippen LogP contribution in [0.1, 0.15) is 11.1 Å². The monoisotopic (exact) mass is 577 g/mol. The van der Waals surface area contributed by atoms with E-state index < -0.39 is 0 Å². The molecule has 1 aliphatic rings. The van der Waals surface area contributed by atoms with Gasteiger partial charge in [-0.2, -0.15) is 5.10 Å². The summed E-state index contributed by atoms with van der Waals surface area (Å²) in [5.41, 5.74) is 4.17. The first-order chi connectivity index (χ1) is 18.4. The van der Waals surface area contributed by atoms with Crippen molar-refractivity contribution in [3.63, 3.8) is 0 Å². The molecule has 0 saturated carbocycles. The van der Waals surface area contributed by atoms with Crippen LogP contribution in [0.25, 0.3) is 23.0 Å². The maximum atomic E-state index is 13.0. The maximum absolute atomic E-state index is 13.0. The Morgan fingerprint density at radius 3 is 2.53 bits per heavy atom. The Kier molecular flexibility index (Phi) is 8.00. The Bertz CT molecular complexity index is 1550. The number of rotatable bonds is 8. The fourth-order valence-corrected chi connectivity index (χ4v) is 5.60. The average molecular weight is 579 g/mol. The Morgan fingerprint density at radius 1 is 1.05 bits per heavy atom. The molecule has 0 atom stereocenters. The number of carbonyl (C=O) groups is 1. The van der Waals surface area contributed by atoms with Crippen LogP contribution in [0.15, 0.2) is 96.6 Å². The molecular weight excluding hydrogens is 557 g/mol. The highest BCUT2D eigenvalue weighted by Crippen LogP contribution is 2.35. The first-order valence-corrected chi connectivity index (χ1v) is 13.6. The molecule has 190 valence electrons. The molecule has 0 radical (unpaired) electrons. The summed E-state index contributed by atoms with van der Waals surface area (Å²) in [5, 5.41) is 5.99. The third kappa shape index (κ3) is 5.71. The Hall–Kier alpha value is -3.36. The third-order valence-electron chi connectivity index (χ3n) is 5.77. The highest BCUT2D eigenvalue weighted by Gasteiger charge is 2.31. The Morgan fingerprint density at radius 2 is 1.82 bits per heavy atom. The van der Waals surface area contributed by atoms with Gasteiger partial charge in [-0.05, 0) is 54.6 Å². The first kappa shape index (κ1) is 26.3. The number of nitrogens with zero attached hydrogens (tertiary/aromatic N) is 3. The summed E-state index contributed by atoms with van der Waals surface area (Å²) in [5.74, 6) is 0.553. The van der Waals surface area contributed by atoms with Crippen LogP contribution in [0.5, 0.6) is 5.75 Å². The second kappa shape index (κ2) is 11.6. The topological polar surface area (TPSA) is 47.4 Å². The summed E-state index contributed by atoms with van der Waals surface area (Å²) in [6, 6.07) is 22.8. The van der Waals surface area contributed by atoms with Crippen molar-refractivity contribution in [2.24, 2.45) is 0 Å². The van der Waals surface area contributed by atoms with Gasteiger partial charge in [0.15, 0.2) is 0 Å². The van der Waals surface area contributed by atoms with E-state index in [0.29, 0.717) is 38.2 Å². The molecule has 0 bridgehead atoms. The smallest absolute Gasteiger partial charge is 0.266 e. The van der Waals surface area contributed by atoms with Crippen molar-refractivity contribution in [1.82, 2.24) is 14.7 Å². The molecular formula is C29H21Cl2N3O2S2. The van der Waals surface area contributed by atoms with Crippen LogP contribution < -0.4 is 4.74 Å². The Labute approximate surface area is 240 Å². The lowest BCUT2D eigenvalue weighted by molar-refractivity contribution is -0.121. The predicted octanol–water partition coefficient (Wildman–Crippen LogP) is 7.81. The molecule has 4 aromatic rings. The summed E-state index contributed by atoms with van der Waals surface area (Å²) < 4.78 is 8.25. The van der Waals surface area contributed by atoms with Crippen molar-refractivity contribution in [3.8, 4) is 22.7 Å². The minimum atomic E-state index is -0.136. The fraction of sp³-hybridized carbons (Fsp3) is 0.0690. The number of thioether (sulfide) groups is 1. The van der Waals surface area contributed by atoms with Gasteiger partial charge < -0.3 is 4.74 Å². The van der Waals surface area contributed by atoms with E-state index in [0.717, 1.165) is 28.1 Å². The van der Waals surface area contributed by atoms with E-state index in [4.69, 9.17) is 45.3 Å². The van der Waals surface area contributed by atoms with Gasteiger partial charge in [-0.25, -0.2) is 4.68 Å². The second-order valence-electron chi connectivity index (χ2n) is 8.34. The van der Waals surface area contributed by atoms with Crippen LogP contribution in [-0.2, 0) is 11.4 Å². The van der Waals surface area contributed by atoms with Crippen molar-refractivity contribution < 1.29 is 9.53 Å². The van der Waals surface area contributed by atoms with Crippen LogP contribution in [0.3, 0.4) is 0 Å². The van der Waals surface area contributed by atoms with Crippen molar-refractivity contribution in [3.05, 3.63) is 118 Å². The zero-order valence-corrected chi connectivity index (χ0v) is 23.2. The molecule has 0 N–H and O–H groups in total. The van der Waals surface area contributed by atoms with Gasteiger partial charge in [-0.3, -0.25) is 9.69 Å². The molecule has 1 fully saturated rings. The first-order valence-electron chi connectivity index (χ1n) is 11.6. The van der Waals surface area contributed by atoms with Crippen LogP contribution in [0.2, 0.25) is 10.0 Å². The highest BCUT2D eigenvalue weighted by atomic mass is 35.5. The highest BCUT2D eigenvalue weighted by molar-refractivity contribution is 8.26. The van der Waals surface area contributed by atoms with E-state index in [-0.39, 0.29) is 5.91 Å². The number of benzene rings is 3. The number of hydrogen-bond donors (Lipinski definition) is 0. The van der Waals surface area contributed by atoms with Gasteiger partial charge >= 0.3 is 0 Å². The zero-order valence-electron chi connectivity index (χ0n) is 20.0. The number of amides is 1. The molecule has 0 aliphatic carbocycles. The SMILES string of the molecule is C=CCN1C(=O)C(=Cc2cn(-c3ccccc3)nc2-c2ccc(OCc3ccc(Cl)cc3Cl)cc2)SC1=S. The molecule has 2 heterocycles. The molecule has 5 rings (SSSR count). The summed E-state index contributed by atoms with van der Waals surface area (Å²) in [7, 11) is 0. The van der Waals surface area contributed by atoms with Crippen LogP contribution >= 0.6 is 47.2 Å². The lowest BCUT2D eigenvalue weighted by Crippen LogP contribution is -2.27. The molecule has 1 saturated heterocycles. The second-order valence-corrected chi connectivity index (χ2v) is 10.9. The molecule has 1 aromatic heterocycles. The molecule has 0 spiro atoms. The van der Waals surface area contributed by atoms with Gasteiger partial charge in [-0.1, -0.05) is 77.5 Å². The number of hydrogen-bond acceptors (Lipinski definition) is 5. The average Bonchev–Trinajstić information content (AvgIpc) is 3.46. The number of para-hydroxylation sites is 1. The number of halogens is 2. The molecule has 1 aliphatic heterocycles. The van der Waals surface area contributed by atoms with Crippen molar-refractivity contribution in [2.75, 3.05) is 6.54 Å². The largest absolute Gasteiger partial charge is 0.489 e. The molecule has 9 heteroatoms. The lowest BCUT2D eigenvalue weighted by Gasteiger charge is -2.10. The van der Waals surface area contributed by atoms with E-state index >= 15 is 0 Å². The molecule has 1 amide bonds. The van der Waals surface area contributed by atoms with Crippen molar-refractivity contribution >= 4 is 63.5 Å². The minimum Gasteiger partial charge on any atom is -0.489 e. The molecule has 5 nitrogen and oxygen atoms in total. The normalized spacial score (nSPS) is 14.4. The van der Waals surface area contributed by atoms with Gasteiger partial charge in [0.2, 0.25) is 0 Å². The van der Waals surface area contributed by atoms with Gasteiger partial charge in [0, 0.05) is 39.5 Å². The molecule has 3 aromatic carbocycles. The van der Waals surface area contributed by atoms with E-state index in [9.17, 15) is 4.79 Å².